The van der Waals surface area contributed by atoms with Crippen LogP contribution in [0, 0.1) is 10.1 Å². The Morgan fingerprint density at radius 1 is 1.09 bits per heavy atom. The van der Waals surface area contributed by atoms with Crippen LogP contribution in [-0.4, -0.2) is 36.3 Å². The summed E-state index contributed by atoms with van der Waals surface area (Å²) in [6.45, 7) is 4.98. The molecule has 0 aliphatic carbocycles. The quantitative estimate of drug-likeness (QED) is 0.264. The van der Waals surface area contributed by atoms with Crippen LogP contribution in [0.1, 0.15) is 44.7 Å². The summed E-state index contributed by atoms with van der Waals surface area (Å²) in [6.07, 6.45) is -5.34. The smallest absolute Gasteiger partial charge is 0.416 e. The van der Waals surface area contributed by atoms with Gasteiger partial charge in [0.15, 0.2) is 0 Å². The van der Waals surface area contributed by atoms with Crippen LogP contribution in [0.15, 0.2) is 46.8 Å². The Balaban J connectivity index is 2.61. The predicted octanol–water partition coefficient (Wildman–Crippen LogP) is 3.64. The van der Waals surface area contributed by atoms with Gasteiger partial charge in [0.05, 0.1) is 28.7 Å². The minimum Gasteiger partial charge on any atom is -0.460 e. The minimum atomic E-state index is -4.77. The van der Waals surface area contributed by atoms with Crippen molar-refractivity contribution < 1.29 is 42.2 Å². The third-order valence-corrected chi connectivity index (χ3v) is 4.63. The Kier molecular flexibility index (Phi) is 8.07. The number of rotatable bonds is 8. The van der Waals surface area contributed by atoms with E-state index in [4.69, 9.17) is 9.47 Å². The largest absolute Gasteiger partial charge is 0.460 e. The monoisotopic (exact) mass is 472 g/mol. The molecule has 0 bridgehead atoms. The number of nitrogens with one attached hydrogen (secondary N) is 1. The summed E-state index contributed by atoms with van der Waals surface area (Å²) < 4.78 is 51.7. The van der Waals surface area contributed by atoms with Crippen molar-refractivity contribution in [1.82, 2.24) is 5.32 Å². The average molecular weight is 472 g/mol. The molecule has 0 amide bonds. The molecule has 180 valence electrons. The molecule has 0 radical (unpaired) electrons. The summed E-state index contributed by atoms with van der Waals surface area (Å²) in [7, 11) is 0. The van der Waals surface area contributed by atoms with Gasteiger partial charge in [0.2, 0.25) is 0 Å². The van der Waals surface area contributed by atoms with Crippen molar-refractivity contribution in [2.24, 2.45) is 0 Å². The van der Waals surface area contributed by atoms with Gasteiger partial charge in [0.1, 0.15) is 13.2 Å². The van der Waals surface area contributed by atoms with Gasteiger partial charge >= 0.3 is 18.1 Å². The maximum absolute atomic E-state index is 13.8. The predicted molar refractivity (Wildman–Crippen MR) is 108 cm³/mol. The van der Waals surface area contributed by atoms with E-state index in [9.17, 15) is 32.9 Å². The van der Waals surface area contributed by atoms with E-state index < -0.39 is 54.0 Å². The van der Waals surface area contributed by atoms with Gasteiger partial charge in [-0.05, 0) is 39.3 Å². The molecule has 0 spiro atoms. The summed E-state index contributed by atoms with van der Waals surface area (Å²) >= 11 is 0. The van der Waals surface area contributed by atoms with Crippen LogP contribution >= 0.6 is 0 Å². The van der Waals surface area contributed by atoms with E-state index >= 15 is 0 Å². The first-order chi connectivity index (χ1) is 15.3. The van der Waals surface area contributed by atoms with E-state index in [-0.39, 0.29) is 28.1 Å². The van der Waals surface area contributed by atoms with Gasteiger partial charge in [-0.2, -0.15) is 13.2 Å². The lowest BCUT2D eigenvalue weighted by Gasteiger charge is -2.32. The molecule has 1 aliphatic rings. The van der Waals surface area contributed by atoms with Crippen LogP contribution in [0.5, 0.6) is 0 Å². The highest BCUT2D eigenvalue weighted by Gasteiger charge is 2.43. The number of esters is 2. The molecule has 1 aliphatic heterocycles. The zero-order valence-corrected chi connectivity index (χ0v) is 18.3. The molecule has 0 fully saturated rings. The van der Waals surface area contributed by atoms with Gasteiger partial charge < -0.3 is 19.6 Å². The fourth-order valence-electron chi connectivity index (χ4n) is 3.45. The van der Waals surface area contributed by atoms with E-state index in [2.05, 4.69) is 10.2 Å². The summed E-state index contributed by atoms with van der Waals surface area (Å²) in [4.78, 5) is 40.1. The maximum atomic E-state index is 13.8. The molecule has 2 rings (SSSR count). The van der Waals surface area contributed by atoms with Crippen molar-refractivity contribution in [3.05, 3.63) is 68.0 Å². The molecule has 0 aromatic heterocycles. The van der Waals surface area contributed by atoms with Crippen molar-refractivity contribution in [1.29, 1.82) is 0 Å². The van der Waals surface area contributed by atoms with Crippen molar-refractivity contribution in [2.45, 2.75) is 45.9 Å². The zero-order chi connectivity index (χ0) is 24.9. The number of benzene rings is 1. The number of carbonyl (C=O) groups is 2. The highest BCUT2D eigenvalue weighted by molar-refractivity contribution is 6.00. The molecule has 1 aromatic rings. The van der Waals surface area contributed by atoms with Crippen LogP contribution in [0.25, 0.3) is 0 Å². The van der Waals surface area contributed by atoms with Gasteiger partial charge in [-0.15, -0.1) is 10.1 Å². The SMILES string of the molecule is CC1=C(C(=O)OCCO[N+](=O)[O-])C(c2ccccc2C(F)(F)F)C(C(=O)OC(C)C)=C(C)N1. The Bertz CT molecular complexity index is 1000. The molecule has 12 heteroatoms. The molecular weight excluding hydrogens is 449 g/mol. The fourth-order valence-corrected chi connectivity index (χ4v) is 3.45. The Hall–Kier alpha value is -3.57. The topological polar surface area (TPSA) is 117 Å². The van der Waals surface area contributed by atoms with Crippen molar-refractivity contribution in [3.63, 3.8) is 0 Å². The Morgan fingerprint density at radius 2 is 1.67 bits per heavy atom. The van der Waals surface area contributed by atoms with Crippen molar-refractivity contribution in [3.8, 4) is 0 Å². The molecule has 1 N–H and O–H groups in total. The van der Waals surface area contributed by atoms with E-state index in [0.29, 0.717) is 0 Å². The van der Waals surface area contributed by atoms with E-state index in [1.54, 1.807) is 13.8 Å². The number of halogens is 3. The Labute approximate surface area is 187 Å². The standard InChI is InChI=1S/C21H23F3N2O7/c1-11(2)33-20(28)17-13(4)25-12(3)16(19(27)31-9-10-32-26(29)30)18(17)14-7-5-6-8-15(14)21(22,23)24/h5-8,11,18,25H,9-10H2,1-4H3. The molecular formula is C21H23F3N2O7. The molecule has 1 heterocycles. The molecule has 0 saturated carbocycles. The van der Waals surface area contributed by atoms with E-state index in [1.165, 1.54) is 32.0 Å². The third kappa shape index (κ3) is 6.24. The molecule has 1 unspecified atom stereocenters. The summed E-state index contributed by atoms with van der Waals surface area (Å²) in [5, 5.41) is 12.0. The first kappa shape index (κ1) is 25.7. The summed E-state index contributed by atoms with van der Waals surface area (Å²) in [5.41, 5.74) is -1.43. The highest BCUT2D eigenvalue weighted by atomic mass is 19.4. The normalized spacial score (nSPS) is 16.4. The number of nitrogens with zero attached hydrogens (tertiary/aromatic N) is 1. The lowest BCUT2D eigenvalue weighted by Crippen LogP contribution is -2.34. The van der Waals surface area contributed by atoms with Gasteiger partial charge in [-0.3, -0.25) is 0 Å². The summed E-state index contributed by atoms with van der Waals surface area (Å²) in [5.74, 6) is -3.41. The lowest BCUT2D eigenvalue weighted by atomic mass is 9.78. The second-order valence-corrected chi connectivity index (χ2v) is 7.37. The van der Waals surface area contributed by atoms with E-state index in [1.807, 2.05) is 0 Å². The number of carbonyl (C=O) groups excluding carboxylic acids is 2. The van der Waals surface area contributed by atoms with Crippen LogP contribution < -0.4 is 5.32 Å². The number of hydrogen-bond acceptors (Lipinski definition) is 8. The molecule has 1 aromatic carbocycles. The number of alkyl halides is 3. The fraction of sp³-hybridized carbons (Fsp3) is 0.429. The van der Waals surface area contributed by atoms with Gasteiger partial charge in [0, 0.05) is 11.4 Å². The van der Waals surface area contributed by atoms with Crippen LogP contribution in [0.3, 0.4) is 0 Å². The molecule has 33 heavy (non-hydrogen) atoms. The summed E-state index contributed by atoms with van der Waals surface area (Å²) in [6, 6.07) is 4.57. The molecule has 0 saturated heterocycles. The third-order valence-electron chi connectivity index (χ3n) is 4.63. The van der Waals surface area contributed by atoms with Crippen LogP contribution in [-0.2, 0) is 30.1 Å². The number of dihydropyridines is 1. The second-order valence-electron chi connectivity index (χ2n) is 7.37. The number of hydrogen-bond donors (Lipinski definition) is 1. The van der Waals surface area contributed by atoms with Crippen LogP contribution in [0.2, 0.25) is 0 Å². The van der Waals surface area contributed by atoms with Gasteiger partial charge in [-0.25, -0.2) is 9.59 Å². The Morgan fingerprint density at radius 3 is 2.21 bits per heavy atom. The number of ether oxygens (including phenoxy) is 2. The van der Waals surface area contributed by atoms with E-state index in [0.717, 1.165) is 6.07 Å². The van der Waals surface area contributed by atoms with Crippen molar-refractivity contribution >= 4 is 11.9 Å². The number of allylic oxidation sites excluding steroid dienone is 2. The molecule has 9 nitrogen and oxygen atoms in total. The van der Waals surface area contributed by atoms with Crippen LogP contribution in [0.4, 0.5) is 13.2 Å². The van der Waals surface area contributed by atoms with Gasteiger partial charge in [-0.1, -0.05) is 18.2 Å². The second kappa shape index (κ2) is 10.4. The van der Waals surface area contributed by atoms with Crippen molar-refractivity contribution in [2.75, 3.05) is 13.2 Å². The molecule has 1 atom stereocenters. The minimum absolute atomic E-state index is 0.163. The first-order valence-electron chi connectivity index (χ1n) is 9.84. The first-order valence-corrected chi connectivity index (χ1v) is 9.84. The zero-order valence-electron chi connectivity index (χ0n) is 18.3. The maximum Gasteiger partial charge on any atom is 0.416 e. The van der Waals surface area contributed by atoms with Gasteiger partial charge in [0.25, 0.3) is 5.09 Å². The average Bonchev–Trinajstić information content (AvgIpc) is 2.69. The highest BCUT2D eigenvalue weighted by Crippen LogP contribution is 2.44. The lowest BCUT2D eigenvalue weighted by molar-refractivity contribution is -0.757.